The van der Waals surface area contributed by atoms with Gasteiger partial charge in [-0.1, -0.05) is 0 Å². The number of nitrogens with one attached hydrogen (secondary N) is 1. The fraction of sp³-hybridized carbons (Fsp3) is 0.286. The Hall–Kier alpha value is -2.30. The van der Waals surface area contributed by atoms with Crippen molar-refractivity contribution in [1.29, 1.82) is 0 Å². The summed E-state index contributed by atoms with van der Waals surface area (Å²) in [6.45, 7) is 2.81. The van der Waals surface area contributed by atoms with Crippen molar-refractivity contribution in [3.8, 4) is 22.8 Å². The number of aromatic nitrogens is 2. The van der Waals surface area contributed by atoms with E-state index in [2.05, 4.69) is 15.3 Å². The van der Waals surface area contributed by atoms with Crippen LogP contribution in [0, 0.1) is 0 Å². The van der Waals surface area contributed by atoms with Crippen LogP contribution in [0.25, 0.3) is 11.3 Å². The van der Waals surface area contributed by atoms with Crippen molar-refractivity contribution >= 4 is 5.82 Å². The predicted octanol–water partition coefficient (Wildman–Crippen LogP) is 2.59. The molecule has 0 unspecified atom stereocenters. The molecule has 0 atom stereocenters. The Morgan fingerprint density at radius 2 is 2.00 bits per heavy atom. The standard InChI is InChI=1S/C14H17N3O2/c1-4-16-14-9-15-8-12(17-14)11-7-10(18-2)5-6-13(11)19-3/h5-9H,4H2,1-3H3,(H,16,17). The van der Waals surface area contributed by atoms with Crippen LogP contribution in [0.15, 0.2) is 30.6 Å². The second-order valence-corrected chi connectivity index (χ2v) is 3.89. The zero-order chi connectivity index (χ0) is 13.7. The molecule has 1 aromatic carbocycles. The minimum Gasteiger partial charge on any atom is -0.497 e. The molecular weight excluding hydrogens is 242 g/mol. The molecule has 5 nitrogen and oxygen atoms in total. The van der Waals surface area contributed by atoms with Gasteiger partial charge < -0.3 is 14.8 Å². The van der Waals surface area contributed by atoms with Gasteiger partial charge in [0.15, 0.2) is 0 Å². The number of rotatable bonds is 5. The van der Waals surface area contributed by atoms with Crippen molar-refractivity contribution in [1.82, 2.24) is 9.97 Å². The third-order valence-electron chi connectivity index (χ3n) is 2.68. The van der Waals surface area contributed by atoms with Crippen molar-refractivity contribution in [2.45, 2.75) is 6.92 Å². The van der Waals surface area contributed by atoms with Crippen LogP contribution in [0.5, 0.6) is 11.5 Å². The van der Waals surface area contributed by atoms with Gasteiger partial charge in [0.25, 0.3) is 0 Å². The van der Waals surface area contributed by atoms with E-state index in [0.717, 1.165) is 35.1 Å². The summed E-state index contributed by atoms with van der Waals surface area (Å²) in [5, 5.41) is 3.14. The van der Waals surface area contributed by atoms with E-state index in [-0.39, 0.29) is 0 Å². The van der Waals surface area contributed by atoms with Gasteiger partial charge in [-0.15, -0.1) is 0 Å². The first kappa shape index (κ1) is 13.1. The molecule has 0 bridgehead atoms. The van der Waals surface area contributed by atoms with Crippen molar-refractivity contribution in [2.75, 3.05) is 26.1 Å². The van der Waals surface area contributed by atoms with Gasteiger partial charge in [0.05, 0.1) is 32.3 Å². The first-order chi connectivity index (χ1) is 9.28. The smallest absolute Gasteiger partial charge is 0.145 e. The minimum absolute atomic E-state index is 0.740. The molecule has 5 heteroatoms. The van der Waals surface area contributed by atoms with E-state index in [1.165, 1.54) is 0 Å². The van der Waals surface area contributed by atoms with E-state index in [1.807, 2.05) is 25.1 Å². The summed E-state index contributed by atoms with van der Waals surface area (Å²) in [6, 6.07) is 5.60. The molecular formula is C14H17N3O2. The van der Waals surface area contributed by atoms with Gasteiger partial charge in [0.1, 0.15) is 17.3 Å². The average Bonchev–Trinajstić information content (AvgIpc) is 2.47. The molecule has 0 aliphatic rings. The molecule has 0 aliphatic heterocycles. The van der Waals surface area contributed by atoms with E-state index in [0.29, 0.717) is 0 Å². The summed E-state index contributed by atoms with van der Waals surface area (Å²) in [4.78, 5) is 8.70. The Labute approximate surface area is 112 Å². The van der Waals surface area contributed by atoms with Gasteiger partial charge in [-0.2, -0.15) is 0 Å². The van der Waals surface area contributed by atoms with Crippen molar-refractivity contribution in [3.05, 3.63) is 30.6 Å². The van der Waals surface area contributed by atoms with Crippen LogP contribution in [0.4, 0.5) is 5.82 Å². The first-order valence-corrected chi connectivity index (χ1v) is 6.06. The van der Waals surface area contributed by atoms with Crippen molar-refractivity contribution in [2.24, 2.45) is 0 Å². The summed E-state index contributed by atoms with van der Waals surface area (Å²) in [6.07, 6.45) is 3.40. The maximum Gasteiger partial charge on any atom is 0.145 e. The fourth-order valence-electron chi connectivity index (χ4n) is 1.78. The molecule has 0 saturated carbocycles. The van der Waals surface area contributed by atoms with Gasteiger partial charge in [-0.3, -0.25) is 4.98 Å². The Morgan fingerprint density at radius 1 is 1.16 bits per heavy atom. The molecule has 19 heavy (non-hydrogen) atoms. The number of hydrogen-bond acceptors (Lipinski definition) is 5. The number of benzene rings is 1. The lowest BCUT2D eigenvalue weighted by Gasteiger charge is -2.10. The maximum atomic E-state index is 5.36. The van der Waals surface area contributed by atoms with Crippen molar-refractivity contribution < 1.29 is 9.47 Å². The van der Waals surface area contributed by atoms with Gasteiger partial charge in [-0.25, -0.2) is 4.98 Å². The highest BCUT2D eigenvalue weighted by atomic mass is 16.5. The highest BCUT2D eigenvalue weighted by Gasteiger charge is 2.10. The van der Waals surface area contributed by atoms with Gasteiger partial charge in [-0.05, 0) is 25.1 Å². The molecule has 0 spiro atoms. The lowest BCUT2D eigenvalue weighted by Crippen LogP contribution is -2.01. The third-order valence-corrected chi connectivity index (χ3v) is 2.68. The van der Waals surface area contributed by atoms with E-state index >= 15 is 0 Å². The number of ether oxygens (including phenoxy) is 2. The molecule has 0 aliphatic carbocycles. The number of methoxy groups -OCH3 is 2. The minimum atomic E-state index is 0.740. The molecule has 100 valence electrons. The van der Waals surface area contributed by atoms with Crippen LogP contribution in [0.3, 0.4) is 0 Å². The van der Waals surface area contributed by atoms with E-state index in [9.17, 15) is 0 Å². The van der Waals surface area contributed by atoms with E-state index in [1.54, 1.807) is 26.6 Å². The first-order valence-electron chi connectivity index (χ1n) is 6.06. The molecule has 0 amide bonds. The highest BCUT2D eigenvalue weighted by Crippen LogP contribution is 2.32. The number of nitrogens with zero attached hydrogens (tertiary/aromatic N) is 2. The molecule has 0 saturated heterocycles. The lowest BCUT2D eigenvalue weighted by atomic mass is 10.1. The van der Waals surface area contributed by atoms with Crippen LogP contribution in [-0.2, 0) is 0 Å². The Kier molecular flexibility index (Phi) is 4.18. The summed E-state index contributed by atoms with van der Waals surface area (Å²) >= 11 is 0. The van der Waals surface area contributed by atoms with Crippen LogP contribution in [0.2, 0.25) is 0 Å². The Balaban J connectivity index is 2.47. The largest absolute Gasteiger partial charge is 0.497 e. The monoisotopic (exact) mass is 259 g/mol. The second-order valence-electron chi connectivity index (χ2n) is 3.89. The quantitative estimate of drug-likeness (QED) is 0.894. The zero-order valence-electron chi connectivity index (χ0n) is 11.3. The summed E-state index contributed by atoms with van der Waals surface area (Å²) in [7, 11) is 3.26. The Bertz CT molecular complexity index is 558. The van der Waals surface area contributed by atoms with E-state index in [4.69, 9.17) is 9.47 Å². The molecule has 0 fully saturated rings. The number of hydrogen-bond donors (Lipinski definition) is 1. The van der Waals surface area contributed by atoms with Gasteiger partial charge in [0.2, 0.25) is 0 Å². The zero-order valence-corrected chi connectivity index (χ0v) is 11.3. The molecule has 1 heterocycles. The van der Waals surface area contributed by atoms with E-state index < -0.39 is 0 Å². The summed E-state index contributed by atoms with van der Waals surface area (Å²) in [5.41, 5.74) is 1.60. The van der Waals surface area contributed by atoms with Gasteiger partial charge >= 0.3 is 0 Å². The van der Waals surface area contributed by atoms with Crippen LogP contribution < -0.4 is 14.8 Å². The highest BCUT2D eigenvalue weighted by molar-refractivity contribution is 5.69. The second kappa shape index (κ2) is 6.04. The van der Waals surface area contributed by atoms with Gasteiger partial charge in [0, 0.05) is 12.1 Å². The summed E-state index contributed by atoms with van der Waals surface area (Å²) in [5.74, 6) is 2.24. The molecule has 2 aromatic rings. The maximum absolute atomic E-state index is 5.36. The molecule has 1 N–H and O–H groups in total. The van der Waals surface area contributed by atoms with Crippen LogP contribution in [-0.4, -0.2) is 30.7 Å². The third kappa shape index (κ3) is 2.93. The normalized spacial score (nSPS) is 10.1. The number of anilines is 1. The van der Waals surface area contributed by atoms with Crippen molar-refractivity contribution in [3.63, 3.8) is 0 Å². The average molecular weight is 259 g/mol. The summed E-state index contributed by atoms with van der Waals surface area (Å²) < 4.78 is 10.6. The molecule has 0 radical (unpaired) electrons. The molecule has 2 rings (SSSR count). The fourth-order valence-corrected chi connectivity index (χ4v) is 1.78. The molecule has 1 aromatic heterocycles. The lowest BCUT2D eigenvalue weighted by molar-refractivity contribution is 0.404. The SMILES string of the molecule is CCNc1cncc(-c2cc(OC)ccc2OC)n1. The van der Waals surface area contributed by atoms with Crippen LogP contribution >= 0.6 is 0 Å². The topological polar surface area (TPSA) is 56.3 Å². The Morgan fingerprint density at radius 3 is 2.68 bits per heavy atom. The predicted molar refractivity (Wildman–Crippen MR) is 74.7 cm³/mol. The van der Waals surface area contributed by atoms with Crippen LogP contribution in [0.1, 0.15) is 6.92 Å².